The van der Waals surface area contributed by atoms with Crippen molar-refractivity contribution in [2.24, 2.45) is 0 Å². The maximum Gasteiger partial charge on any atom is 0.265 e. The van der Waals surface area contributed by atoms with Gasteiger partial charge in [0.15, 0.2) is 11.7 Å². The first-order chi connectivity index (χ1) is 15.2. The van der Waals surface area contributed by atoms with Crippen molar-refractivity contribution in [2.45, 2.75) is 19.3 Å². The zero-order valence-electron chi connectivity index (χ0n) is 16.7. The van der Waals surface area contributed by atoms with Gasteiger partial charge in [0.05, 0.1) is 11.1 Å². The molecule has 2 heterocycles. The molecule has 31 heavy (non-hydrogen) atoms. The normalized spacial score (nSPS) is 10.6. The molecule has 6 nitrogen and oxygen atoms in total. The first-order valence-electron chi connectivity index (χ1n) is 9.92. The van der Waals surface area contributed by atoms with Gasteiger partial charge in [0.2, 0.25) is 5.91 Å². The molecule has 0 aliphatic carbocycles. The molecule has 0 atom stereocenters. The van der Waals surface area contributed by atoms with Gasteiger partial charge in [-0.2, -0.15) is 0 Å². The second-order valence-corrected chi connectivity index (χ2v) is 7.85. The molecule has 2 amide bonds. The molecule has 4 rings (SSSR count). The lowest BCUT2D eigenvalue weighted by atomic mass is 10.2. The Morgan fingerprint density at radius 3 is 2.52 bits per heavy atom. The number of carbonyl (C=O) groups is 2. The highest BCUT2D eigenvalue weighted by Gasteiger charge is 2.10. The van der Waals surface area contributed by atoms with Crippen molar-refractivity contribution in [3.63, 3.8) is 0 Å². The van der Waals surface area contributed by atoms with E-state index in [0.29, 0.717) is 41.4 Å². The maximum absolute atomic E-state index is 12.3. The fraction of sp³-hybridized carbons (Fsp3) is 0.125. The van der Waals surface area contributed by atoms with Crippen molar-refractivity contribution < 1.29 is 14.0 Å². The van der Waals surface area contributed by atoms with E-state index in [2.05, 4.69) is 15.6 Å². The molecular formula is C24H21N3O3S. The number of benzene rings is 2. The second kappa shape index (κ2) is 9.86. The molecule has 0 spiro atoms. The van der Waals surface area contributed by atoms with Gasteiger partial charge in [-0.15, -0.1) is 11.3 Å². The number of nitrogens with one attached hydrogen (secondary N) is 2. The Hall–Kier alpha value is -3.71. The monoisotopic (exact) mass is 431 g/mol. The number of rotatable bonds is 8. The predicted molar refractivity (Wildman–Crippen MR) is 122 cm³/mol. The van der Waals surface area contributed by atoms with E-state index >= 15 is 0 Å². The molecule has 0 fully saturated rings. The Labute approximate surface area is 184 Å². The van der Waals surface area contributed by atoms with Gasteiger partial charge in [0, 0.05) is 29.8 Å². The molecule has 0 bridgehead atoms. The van der Waals surface area contributed by atoms with Gasteiger partial charge < -0.3 is 15.1 Å². The van der Waals surface area contributed by atoms with Crippen LogP contribution in [-0.2, 0) is 11.2 Å². The van der Waals surface area contributed by atoms with Crippen molar-refractivity contribution in [3.8, 4) is 11.3 Å². The topological polar surface area (TPSA) is 84.2 Å². The molecule has 0 saturated carbocycles. The van der Waals surface area contributed by atoms with Crippen LogP contribution in [0.3, 0.4) is 0 Å². The maximum atomic E-state index is 12.3. The Morgan fingerprint density at radius 1 is 0.935 bits per heavy atom. The summed E-state index contributed by atoms with van der Waals surface area (Å²) in [5, 5.41) is 7.56. The van der Waals surface area contributed by atoms with Gasteiger partial charge in [-0.1, -0.05) is 42.5 Å². The summed E-state index contributed by atoms with van der Waals surface area (Å²) < 4.78 is 5.77. The molecule has 7 heteroatoms. The highest BCUT2D eigenvalue weighted by molar-refractivity contribution is 7.12. The largest absolute Gasteiger partial charge is 0.441 e. The van der Waals surface area contributed by atoms with Crippen LogP contribution in [0.2, 0.25) is 0 Å². The number of oxazole rings is 1. The van der Waals surface area contributed by atoms with Crippen LogP contribution in [0.1, 0.15) is 28.4 Å². The second-order valence-electron chi connectivity index (χ2n) is 6.90. The van der Waals surface area contributed by atoms with E-state index in [0.717, 1.165) is 11.3 Å². The van der Waals surface area contributed by atoms with Gasteiger partial charge in [-0.25, -0.2) is 4.98 Å². The summed E-state index contributed by atoms with van der Waals surface area (Å²) in [5.41, 5.74) is 2.24. The summed E-state index contributed by atoms with van der Waals surface area (Å²) in [5.74, 6) is 1.07. The molecule has 0 aliphatic rings. The number of carbonyl (C=O) groups excluding carboxylic acids is 2. The number of aryl methyl sites for hydroxylation is 1. The van der Waals surface area contributed by atoms with Crippen LogP contribution >= 0.6 is 11.3 Å². The van der Waals surface area contributed by atoms with Crippen LogP contribution in [0.5, 0.6) is 0 Å². The number of thiophene rings is 1. The molecule has 2 aromatic carbocycles. The van der Waals surface area contributed by atoms with E-state index in [4.69, 9.17) is 4.42 Å². The zero-order valence-corrected chi connectivity index (χ0v) is 17.5. The Morgan fingerprint density at radius 2 is 1.74 bits per heavy atom. The average Bonchev–Trinajstić information content (AvgIpc) is 3.47. The van der Waals surface area contributed by atoms with Crippen LogP contribution in [0, 0.1) is 0 Å². The predicted octanol–water partition coefficient (Wildman–Crippen LogP) is 5.62. The molecule has 156 valence electrons. The molecule has 0 aliphatic heterocycles. The van der Waals surface area contributed by atoms with E-state index in [1.165, 1.54) is 11.3 Å². The third kappa shape index (κ3) is 5.67. The lowest BCUT2D eigenvalue weighted by Crippen LogP contribution is -2.13. The summed E-state index contributed by atoms with van der Waals surface area (Å²) in [7, 11) is 0. The summed E-state index contributed by atoms with van der Waals surface area (Å²) in [4.78, 5) is 29.4. The smallest absolute Gasteiger partial charge is 0.265 e. The molecule has 0 radical (unpaired) electrons. The van der Waals surface area contributed by atoms with Crippen LogP contribution < -0.4 is 10.6 Å². The van der Waals surface area contributed by atoms with E-state index < -0.39 is 0 Å². The highest BCUT2D eigenvalue weighted by Crippen LogP contribution is 2.21. The van der Waals surface area contributed by atoms with Crippen LogP contribution in [0.4, 0.5) is 11.4 Å². The fourth-order valence-corrected chi connectivity index (χ4v) is 3.68. The molecule has 0 unspecified atom stereocenters. The highest BCUT2D eigenvalue weighted by atomic mass is 32.1. The summed E-state index contributed by atoms with van der Waals surface area (Å²) in [6.45, 7) is 0. The van der Waals surface area contributed by atoms with Crippen LogP contribution in [-0.4, -0.2) is 16.8 Å². The molecule has 4 aromatic rings. The SMILES string of the molecule is O=C(CCCc1ncc(-c2ccccc2)o1)Nc1cccc(NC(=O)c2cccs2)c1. The number of aromatic nitrogens is 1. The molecule has 2 N–H and O–H groups in total. The summed E-state index contributed by atoms with van der Waals surface area (Å²) >= 11 is 1.38. The number of anilines is 2. The van der Waals surface area contributed by atoms with E-state index in [1.54, 1.807) is 36.5 Å². The van der Waals surface area contributed by atoms with Gasteiger partial charge >= 0.3 is 0 Å². The molecule has 2 aromatic heterocycles. The van der Waals surface area contributed by atoms with Gasteiger partial charge in [0.1, 0.15) is 0 Å². The lowest BCUT2D eigenvalue weighted by Gasteiger charge is -2.08. The number of hydrogen-bond donors (Lipinski definition) is 2. The zero-order chi connectivity index (χ0) is 21.5. The van der Waals surface area contributed by atoms with Crippen molar-refractivity contribution in [1.29, 1.82) is 0 Å². The van der Waals surface area contributed by atoms with Crippen molar-refractivity contribution in [1.82, 2.24) is 4.98 Å². The number of hydrogen-bond acceptors (Lipinski definition) is 5. The first-order valence-corrected chi connectivity index (χ1v) is 10.8. The third-order valence-corrected chi connectivity index (χ3v) is 5.42. The number of nitrogens with zero attached hydrogens (tertiary/aromatic N) is 1. The van der Waals surface area contributed by atoms with Crippen molar-refractivity contribution in [3.05, 3.63) is 89.1 Å². The Bertz CT molecular complexity index is 1150. The van der Waals surface area contributed by atoms with Crippen molar-refractivity contribution >= 4 is 34.5 Å². The fourth-order valence-electron chi connectivity index (χ4n) is 3.06. The molecule has 0 saturated heterocycles. The Kier molecular flexibility index (Phi) is 6.54. The van der Waals surface area contributed by atoms with E-state index in [9.17, 15) is 9.59 Å². The standard InChI is InChI=1S/C24H21N3O3S/c28-22(12-5-13-23-25-16-20(30-23)17-7-2-1-3-8-17)26-18-9-4-10-19(15-18)27-24(29)21-11-6-14-31-21/h1-4,6-11,14-16H,5,12-13H2,(H,26,28)(H,27,29). The van der Waals surface area contributed by atoms with Crippen LogP contribution in [0.15, 0.2) is 82.7 Å². The van der Waals surface area contributed by atoms with Crippen molar-refractivity contribution in [2.75, 3.05) is 10.6 Å². The summed E-state index contributed by atoms with van der Waals surface area (Å²) in [6, 6.07) is 20.5. The minimum atomic E-state index is -0.167. The number of amides is 2. The van der Waals surface area contributed by atoms with Gasteiger partial charge in [-0.05, 0) is 36.1 Å². The minimum absolute atomic E-state index is 0.100. The van der Waals surface area contributed by atoms with E-state index in [-0.39, 0.29) is 11.8 Å². The Balaban J connectivity index is 1.26. The van der Waals surface area contributed by atoms with E-state index in [1.807, 2.05) is 41.8 Å². The lowest BCUT2D eigenvalue weighted by molar-refractivity contribution is -0.116. The quantitative estimate of drug-likeness (QED) is 0.379. The average molecular weight is 432 g/mol. The molecular weight excluding hydrogens is 410 g/mol. The summed E-state index contributed by atoms with van der Waals surface area (Å²) in [6.07, 6.45) is 3.25. The van der Waals surface area contributed by atoms with Crippen LogP contribution in [0.25, 0.3) is 11.3 Å². The first kappa shape index (κ1) is 20.6. The van der Waals surface area contributed by atoms with Gasteiger partial charge in [-0.3, -0.25) is 9.59 Å². The third-order valence-electron chi connectivity index (χ3n) is 4.56. The van der Waals surface area contributed by atoms with Gasteiger partial charge in [0.25, 0.3) is 5.91 Å². The minimum Gasteiger partial charge on any atom is -0.441 e.